The maximum atomic E-state index is 12.1. The molecule has 0 radical (unpaired) electrons. The highest BCUT2D eigenvalue weighted by molar-refractivity contribution is 7.13. The van der Waals surface area contributed by atoms with E-state index in [0.717, 1.165) is 6.42 Å². The number of thiazole rings is 1. The number of hydrogen-bond acceptors (Lipinski definition) is 6. The van der Waals surface area contributed by atoms with E-state index >= 15 is 0 Å². The molecule has 0 spiro atoms. The summed E-state index contributed by atoms with van der Waals surface area (Å²) < 4.78 is 5.28. The molecule has 8 heteroatoms. The Balaban J connectivity index is 1.98. The van der Waals surface area contributed by atoms with Gasteiger partial charge < -0.3 is 15.2 Å². The van der Waals surface area contributed by atoms with Gasteiger partial charge in [0.05, 0.1) is 25.7 Å². The van der Waals surface area contributed by atoms with Crippen molar-refractivity contribution in [3.8, 4) is 0 Å². The summed E-state index contributed by atoms with van der Waals surface area (Å²) in [6.45, 7) is 3.35. The number of amides is 1. The number of nitrogens with zero attached hydrogens (tertiary/aromatic N) is 2. The predicted octanol–water partition coefficient (Wildman–Crippen LogP) is 0.893. The van der Waals surface area contributed by atoms with Gasteiger partial charge in [-0.3, -0.25) is 14.5 Å². The van der Waals surface area contributed by atoms with Gasteiger partial charge in [0.25, 0.3) is 0 Å². The Morgan fingerprint density at radius 1 is 1.57 bits per heavy atom. The smallest absolute Gasteiger partial charge is 0.310 e. The fourth-order valence-corrected chi connectivity index (χ4v) is 2.96. The van der Waals surface area contributed by atoms with Crippen LogP contribution in [0.25, 0.3) is 0 Å². The minimum atomic E-state index is -0.876. The van der Waals surface area contributed by atoms with Gasteiger partial charge in [-0.2, -0.15) is 0 Å². The van der Waals surface area contributed by atoms with E-state index < -0.39 is 11.9 Å². The molecule has 2 atom stereocenters. The predicted molar refractivity (Wildman–Crippen MR) is 78.3 cm³/mol. The number of hydrogen-bond donors (Lipinski definition) is 2. The molecule has 1 fully saturated rings. The van der Waals surface area contributed by atoms with Crippen LogP contribution in [0.1, 0.15) is 13.3 Å². The maximum Gasteiger partial charge on any atom is 0.310 e. The summed E-state index contributed by atoms with van der Waals surface area (Å²) in [6, 6.07) is -0.260. The first-order chi connectivity index (χ1) is 10.1. The number of carbonyl (C=O) groups excluding carboxylic acids is 1. The van der Waals surface area contributed by atoms with Gasteiger partial charge in [0.2, 0.25) is 5.91 Å². The van der Waals surface area contributed by atoms with Crippen molar-refractivity contribution in [2.75, 3.05) is 31.6 Å². The van der Waals surface area contributed by atoms with E-state index in [1.807, 2.05) is 11.8 Å². The summed E-state index contributed by atoms with van der Waals surface area (Å²) in [7, 11) is 0. The Morgan fingerprint density at radius 2 is 2.38 bits per heavy atom. The molecule has 1 aliphatic rings. The van der Waals surface area contributed by atoms with Crippen molar-refractivity contribution < 1.29 is 19.4 Å². The standard InChI is InChI=1S/C13H19N3O4S/c1-2-4-16(10-8-20-7-9(10)12(18)19)6-11(17)15-13-14-3-5-21-13/h3,5,9-10H,2,4,6-8H2,1H3,(H,18,19)(H,14,15,17). The number of nitrogens with one attached hydrogen (secondary N) is 1. The van der Waals surface area contributed by atoms with Crippen LogP contribution in [0, 0.1) is 5.92 Å². The molecule has 0 bridgehead atoms. The second kappa shape index (κ2) is 7.48. The minimum absolute atomic E-state index is 0.144. The third-order valence-electron chi connectivity index (χ3n) is 3.37. The van der Waals surface area contributed by atoms with Crippen LogP contribution in [0.5, 0.6) is 0 Å². The fraction of sp³-hybridized carbons (Fsp3) is 0.615. The summed E-state index contributed by atoms with van der Waals surface area (Å²) in [5.74, 6) is -1.64. The first kappa shape index (κ1) is 15.9. The number of anilines is 1. The van der Waals surface area contributed by atoms with Crippen LogP contribution >= 0.6 is 11.3 Å². The zero-order valence-electron chi connectivity index (χ0n) is 11.8. The normalized spacial score (nSPS) is 21.6. The van der Waals surface area contributed by atoms with E-state index in [0.29, 0.717) is 18.3 Å². The lowest BCUT2D eigenvalue weighted by molar-refractivity contribution is -0.143. The van der Waals surface area contributed by atoms with Crippen LogP contribution in [0.4, 0.5) is 5.13 Å². The minimum Gasteiger partial charge on any atom is -0.481 e. The molecule has 0 saturated carbocycles. The highest BCUT2D eigenvalue weighted by atomic mass is 32.1. The molecule has 1 aliphatic heterocycles. The summed E-state index contributed by atoms with van der Waals surface area (Å²) >= 11 is 1.35. The van der Waals surface area contributed by atoms with Crippen LogP contribution in [-0.4, -0.2) is 59.2 Å². The number of ether oxygens (including phenoxy) is 1. The van der Waals surface area contributed by atoms with E-state index in [9.17, 15) is 14.7 Å². The van der Waals surface area contributed by atoms with Crippen molar-refractivity contribution in [2.45, 2.75) is 19.4 Å². The average molecular weight is 313 g/mol. The van der Waals surface area contributed by atoms with Crippen molar-refractivity contribution in [1.82, 2.24) is 9.88 Å². The Morgan fingerprint density at radius 3 is 3.00 bits per heavy atom. The molecule has 0 aromatic carbocycles. The van der Waals surface area contributed by atoms with Gasteiger partial charge >= 0.3 is 5.97 Å². The third kappa shape index (κ3) is 4.23. The monoisotopic (exact) mass is 313 g/mol. The Labute approximate surface area is 126 Å². The lowest BCUT2D eigenvalue weighted by Crippen LogP contribution is -2.46. The van der Waals surface area contributed by atoms with Gasteiger partial charge in [-0.15, -0.1) is 11.3 Å². The molecule has 1 saturated heterocycles. The molecule has 2 unspecified atom stereocenters. The van der Waals surface area contributed by atoms with Crippen molar-refractivity contribution in [3.63, 3.8) is 0 Å². The molecule has 7 nitrogen and oxygen atoms in total. The molecular weight excluding hydrogens is 294 g/mol. The Kier molecular flexibility index (Phi) is 5.66. The zero-order valence-corrected chi connectivity index (χ0v) is 12.6. The fourth-order valence-electron chi connectivity index (χ4n) is 2.42. The lowest BCUT2D eigenvalue weighted by atomic mass is 10.0. The van der Waals surface area contributed by atoms with Crippen molar-refractivity contribution in [2.24, 2.45) is 5.92 Å². The third-order valence-corrected chi connectivity index (χ3v) is 4.06. The number of aliphatic carboxylic acids is 1. The highest BCUT2D eigenvalue weighted by Gasteiger charge is 2.38. The summed E-state index contributed by atoms with van der Waals surface area (Å²) in [6.07, 6.45) is 2.46. The Bertz CT molecular complexity index is 480. The van der Waals surface area contributed by atoms with E-state index in [1.165, 1.54) is 11.3 Å². The molecular formula is C13H19N3O4S. The number of carbonyl (C=O) groups is 2. The van der Waals surface area contributed by atoms with Crippen molar-refractivity contribution in [1.29, 1.82) is 0 Å². The Hall–Kier alpha value is -1.51. The lowest BCUT2D eigenvalue weighted by Gasteiger charge is -2.29. The second-order valence-corrected chi connectivity index (χ2v) is 5.80. The number of rotatable bonds is 7. The van der Waals surface area contributed by atoms with Gasteiger partial charge in [-0.1, -0.05) is 6.92 Å². The van der Waals surface area contributed by atoms with E-state index in [4.69, 9.17) is 4.74 Å². The van der Waals surface area contributed by atoms with Gasteiger partial charge in [-0.05, 0) is 13.0 Å². The van der Waals surface area contributed by atoms with E-state index in [-0.39, 0.29) is 25.1 Å². The summed E-state index contributed by atoms with van der Waals surface area (Å²) in [4.78, 5) is 29.2. The van der Waals surface area contributed by atoms with Crippen LogP contribution in [0.15, 0.2) is 11.6 Å². The topological polar surface area (TPSA) is 91.8 Å². The first-order valence-corrected chi connectivity index (χ1v) is 7.73. The number of carboxylic acids is 1. The van der Waals surface area contributed by atoms with Crippen LogP contribution in [0.2, 0.25) is 0 Å². The van der Waals surface area contributed by atoms with Gasteiger partial charge in [-0.25, -0.2) is 4.98 Å². The molecule has 21 heavy (non-hydrogen) atoms. The number of carboxylic acid groups (broad SMARTS) is 1. The molecule has 2 heterocycles. The summed E-state index contributed by atoms with van der Waals surface area (Å²) in [5.41, 5.74) is 0. The van der Waals surface area contributed by atoms with Crippen molar-refractivity contribution in [3.05, 3.63) is 11.6 Å². The maximum absolute atomic E-state index is 12.1. The quantitative estimate of drug-likeness (QED) is 0.777. The SMILES string of the molecule is CCCN(CC(=O)Nc1nccs1)C1COCC1C(=O)O. The molecule has 0 aliphatic carbocycles. The summed E-state index contributed by atoms with van der Waals surface area (Å²) in [5, 5.41) is 14.3. The van der Waals surface area contributed by atoms with E-state index in [1.54, 1.807) is 11.6 Å². The zero-order chi connectivity index (χ0) is 15.2. The molecule has 1 amide bonds. The van der Waals surface area contributed by atoms with Gasteiger partial charge in [0, 0.05) is 17.6 Å². The van der Waals surface area contributed by atoms with Crippen LogP contribution in [0.3, 0.4) is 0 Å². The molecule has 116 valence electrons. The van der Waals surface area contributed by atoms with E-state index in [2.05, 4.69) is 10.3 Å². The van der Waals surface area contributed by atoms with Crippen molar-refractivity contribution >= 4 is 28.3 Å². The molecule has 2 N–H and O–H groups in total. The largest absolute Gasteiger partial charge is 0.481 e. The first-order valence-electron chi connectivity index (χ1n) is 6.85. The number of aromatic nitrogens is 1. The van der Waals surface area contributed by atoms with Gasteiger partial charge in [0.1, 0.15) is 0 Å². The van der Waals surface area contributed by atoms with Crippen LogP contribution < -0.4 is 5.32 Å². The second-order valence-electron chi connectivity index (χ2n) is 4.91. The molecule has 2 rings (SSSR count). The van der Waals surface area contributed by atoms with Gasteiger partial charge in [0.15, 0.2) is 5.13 Å². The van der Waals surface area contributed by atoms with Crippen LogP contribution in [-0.2, 0) is 14.3 Å². The molecule has 1 aromatic heterocycles. The molecule has 1 aromatic rings. The average Bonchev–Trinajstić information content (AvgIpc) is 3.08. The highest BCUT2D eigenvalue weighted by Crippen LogP contribution is 2.20.